The van der Waals surface area contributed by atoms with Crippen LogP contribution in [-0.4, -0.2) is 29.1 Å². The number of fused-ring (bicyclic) bond motifs is 4. The number of hydrogen-bond donors (Lipinski definition) is 0. The molecule has 1 aromatic rings. The summed E-state index contributed by atoms with van der Waals surface area (Å²) in [6, 6.07) is 7.34. The van der Waals surface area contributed by atoms with Crippen LogP contribution in [-0.2, 0) is 14.3 Å². The number of ether oxygens (including phenoxy) is 2. The summed E-state index contributed by atoms with van der Waals surface area (Å²) in [5.41, 5.74) is 1.65. The Bertz CT molecular complexity index is 606. The fraction of sp³-hybridized carbons (Fsp3) is 0.500. The molecule has 1 saturated heterocycles. The summed E-state index contributed by atoms with van der Waals surface area (Å²) in [6.45, 7) is 2.03. The summed E-state index contributed by atoms with van der Waals surface area (Å²) < 4.78 is 10.7. The zero-order valence-corrected chi connectivity index (χ0v) is 14.6. The highest BCUT2D eigenvalue weighted by atomic mass is 127. The number of halogens is 1. The molecular formula is C16H18INO4. The standard InChI is InChI=1S/C16H18INO4/c1-3-6-10-13-12(17)14(22-15(10)19)9-7-4-5-8-11(9)18(13)16(20)21-2/h4-5,7-8,10,12-14H,3,6H2,1-2H3/t10?,12-,13-,14-/m1/s1. The Kier molecular flexibility index (Phi) is 4.29. The summed E-state index contributed by atoms with van der Waals surface area (Å²) in [6.07, 6.45) is 0.837. The Morgan fingerprint density at radius 1 is 1.41 bits per heavy atom. The van der Waals surface area contributed by atoms with E-state index in [1.807, 2.05) is 31.2 Å². The second-order valence-electron chi connectivity index (χ2n) is 5.59. The van der Waals surface area contributed by atoms with Gasteiger partial charge in [-0.2, -0.15) is 0 Å². The molecule has 118 valence electrons. The zero-order valence-electron chi connectivity index (χ0n) is 12.5. The molecule has 2 aliphatic rings. The third kappa shape index (κ3) is 2.28. The van der Waals surface area contributed by atoms with Crippen molar-refractivity contribution in [3.63, 3.8) is 0 Å². The number of carbonyl (C=O) groups excluding carboxylic acids is 2. The third-order valence-electron chi connectivity index (χ3n) is 4.35. The molecule has 1 unspecified atom stereocenters. The lowest BCUT2D eigenvalue weighted by molar-refractivity contribution is -0.162. The summed E-state index contributed by atoms with van der Waals surface area (Å²) in [5, 5.41) is 0. The van der Waals surface area contributed by atoms with Gasteiger partial charge in [0.2, 0.25) is 0 Å². The van der Waals surface area contributed by atoms with Crippen molar-refractivity contribution in [2.24, 2.45) is 5.92 Å². The van der Waals surface area contributed by atoms with Crippen LogP contribution in [0.25, 0.3) is 0 Å². The number of amides is 1. The van der Waals surface area contributed by atoms with Crippen LogP contribution in [0, 0.1) is 5.92 Å². The van der Waals surface area contributed by atoms with Crippen LogP contribution in [0.15, 0.2) is 24.3 Å². The van der Waals surface area contributed by atoms with E-state index in [-0.39, 0.29) is 28.0 Å². The van der Waals surface area contributed by atoms with Gasteiger partial charge in [0.1, 0.15) is 6.10 Å². The Labute approximate surface area is 143 Å². The Morgan fingerprint density at radius 3 is 2.82 bits per heavy atom. The molecule has 5 nitrogen and oxygen atoms in total. The second-order valence-corrected chi connectivity index (χ2v) is 7.02. The molecule has 1 amide bonds. The fourth-order valence-corrected chi connectivity index (χ4v) is 4.76. The van der Waals surface area contributed by atoms with Gasteiger partial charge in [-0.3, -0.25) is 9.69 Å². The van der Waals surface area contributed by atoms with Crippen molar-refractivity contribution < 1.29 is 19.1 Å². The molecular weight excluding hydrogens is 397 g/mol. The maximum Gasteiger partial charge on any atom is 0.414 e. The molecule has 2 aliphatic heterocycles. The minimum Gasteiger partial charge on any atom is -0.456 e. The molecule has 0 aromatic heterocycles. The topological polar surface area (TPSA) is 55.8 Å². The third-order valence-corrected chi connectivity index (χ3v) is 5.74. The van der Waals surface area contributed by atoms with Crippen molar-refractivity contribution in [2.45, 2.75) is 35.8 Å². The van der Waals surface area contributed by atoms with Gasteiger partial charge in [0.05, 0.1) is 28.7 Å². The number of methoxy groups -OCH3 is 1. The van der Waals surface area contributed by atoms with Gasteiger partial charge in [-0.1, -0.05) is 54.1 Å². The number of carbonyl (C=O) groups is 2. The monoisotopic (exact) mass is 415 g/mol. The molecule has 0 aliphatic carbocycles. The smallest absolute Gasteiger partial charge is 0.414 e. The SMILES string of the molecule is CCCC1C(=O)O[C@@H]2c3ccccc3N(C(=O)OC)[C@H]1[C@H]2I. The van der Waals surface area contributed by atoms with Gasteiger partial charge in [0.25, 0.3) is 0 Å². The van der Waals surface area contributed by atoms with Crippen LogP contribution < -0.4 is 4.90 Å². The highest BCUT2D eigenvalue weighted by Gasteiger charge is 2.53. The van der Waals surface area contributed by atoms with Crippen LogP contribution in [0.3, 0.4) is 0 Å². The largest absolute Gasteiger partial charge is 0.456 e. The predicted molar refractivity (Wildman–Crippen MR) is 90.2 cm³/mol. The van der Waals surface area contributed by atoms with E-state index in [4.69, 9.17) is 9.47 Å². The average molecular weight is 415 g/mol. The average Bonchev–Trinajstić information content (AvgIpc) is 2.52. The molecule has 4 atom stereocenters. The summed E-state index contributed by atoms with van der Waals surface area (Å²) in [5.74, 6) is -0.524. The van der Waals surface area contributed by atoms with Crippen molar-refractivity contribution in [1.82, 2.24) is 0 Å². The zero-order chi connectivity index (χ0) is 15.9. The molecule has 1 aromatic carbocycles. The molecule has 3 rings (SSSR count). The predicted octanol–water partition coefficient (Wildman–Crippen LogP) is 3.46. The van der Waals surface area contributed by atoms with Crippen LogP contribution in [0.4, 0.5) is 10.5 Å². The van der Waals surface area contributed by atoms with Gasteiger partial charge >= 0.3 is 12.1 Å². The summed E-state index contributed by atoms with van der Waals surface area (Å²) >= 11 is 2.30. The van der Waals surface area contributed by atoms with Gasteiger partial charge in [0.15, 0.2) is 0 Å². The Hall–Kier alpha value is -1.31. The minimum atomic E-state index is -0.423. The van der Waals surface area contributed by atoms with Crippen LogP contribution in [0.5, 0.6) is 0 Å². The van der Waals surface area contributed by atoms with Gasteiger partial charge in [-0.25, -0.2) is 4.79 Å². The Balaban J connectivity index is 2.14. The molecule has 2 bridgehead atoms. The van der Waals surface area contributed by atoms with Gasteiger partial charge in [-0.05, 0) is 12.5 Å². The number of alkyl halides is 1. The molecule has 0 spiro atoms. The maximum atomic E-state index is 12.4. The van der Waals surface area contributed by atoms with Crippen molar-refractivity contribution in [1.29, 1.82) is 0 Å². The van der Waals surface area contributed by atoms with Gasteiger partial charge in [0, 0.05) is 5.56 Å². The molecule has 1 fully saturated rings. The first-order chi connectivity index (χ1) is 10.6. The highest BCUT2D eigenvalue weighted by molar-refractivity contribution is 14.1. The Morgan fingerprint density at radius 2 is 2.14 bits per heavy atom. The van der Waals surface area contributed by atoms with Crippen LogP contribution in [0.1, 0.15) is 31.4 Å². The van der Waals surface area contributed by atoms with Crippen molar-refractivity contribution >= 4 is 40.3 Å². The number of nitrogens with zero attached hydrogens (tertiary/aromatic N) is 1. The molecule has 0 radical (unpaired) electrons. The quantitative estimate of drug-likeness (QED) is 0.422. The van der Waals surface area contributed by atoms with Crippen LogP contribution >= 0.6 is 22.6 Å². The first-order valence-corrected chi connectivity index (χ1v) is 8.65. The van der Waals surface area contributed by atoms with Crippen molar-refractivity contribution in [3.8, 4) is 0 Å². The van der Waals surface area contributed by atoms with Gasteiger partial charge < -0.3 is 9.47 Å². The maximum absolute atomic E-state index is 12.4. The minimum absolute atomic E-state index is 0.0147. The van der Waals surface area contributed by atoms with E-state index in [0.717, 1.165) is 17.7 Å². The molecule has 6 heteroatoms. The van der Waals surface area contributed by atoms with Crippen molar-refractivity contribution in [2.75, 3.05) is 12.0 Å². The first-order valence-electron chi connectivity index (χ1n) is 7.40. The first kappa shape index (κ1) is 15.6. The van der Waals surface area contributed by atoms with E-state index in [2.05, 4.69) is 22.6 Å². The molecule has 0 N–H and O–H groups in total. The number of rotatable bonds is 2. The van der Waals surface area contributed by atoms with E-state index in [1.54, 1.807) is 4.90 Å². The number of hydrogen-bond acceptors (Lipinski definition) is 4. The summed E-state index contributed by atoms with van der Waals surface area (Å²) in [7, 11) is 1.37. The van der Waals surface area contributed by atoms with Crippen LogP contribution in [0.2, 0.25) is 0 Å². The summed E-state index contributed by atoms with van der Waals surface area (Å²) in [4.78, 5) is 26.4. The normalized spacial score (nSPS) is 29.6. The van der Waals surface area contributed by atoms with E-state index in [1.165, 1.54) is 7.11 Å². The van der Waals surface area contributed by atoms with E-state index in [9.17, 15) is 9.59 Å². The lowest BCUT2D eigenvalue weighted by atomic mass is 9.81. The number of para-hydroxylation sites is 1. The van der Waals surface area contributed by atoms with E-state index >= 15 is 0 Å². The highest BCUT2D eigenvalue weighted by Crippen LogP contribution is 2.49. The molecule has 22 heavy (non-hydrogen) atoms. The van der Waals surface area contributed by atoms with E-state index < -0.39 is 6.09 Å². The number of anilines is 1. The number of benzene rings is 1. The lowest BCUT2D eigenvalue weighted by Gasteiger charge is -2.49. The lowest BCUT2D eigenvalue weighted by Crippen LogP contribution is -2.60. The fourth-order valence-electron chi connectivity index (χ4n) is 3.40. The van der Waals surface area contributed by atoms with Gasteiger partial charge in [-0.15, -0.1) is 0 Å². The molecule has 2 heterocycles. The van der Waals surface area contributed by atoms with E-state index in [0.29, 0.717) is 6.42 Å². The molecule has 0 saturated carbocycles. The van der Waals surface area contributed by atoms with Crippen molar-refractivity contribution in [3.05, 3.63) is 29.8 Å². The second kappa shape index (κ2) is 6.06. The number of esters is 1.